The van der Waals surface area contributed by atoms with Gasteiger partial charge in [0.2, 0.25) is 0 Å². The van der Waals surface area contributed by atoms with E-state index in [1.165, 1.54) is 19.2 Å². The fraction of sp³-hybridized carbons (Fsp3) is 0.321. The first-order chi connectivity index (χ1) is 17.4. The number of aryl methyl sites for hydroxylation is 1. The van der Waals surface area contributed by atoms with E-state index in [4.69, 9.17) is 16.3 Å². The Labute approximate surface area is 217 Å². The maximum atomic E-state index is 14.5. The first kappa shape index (κ1) is 25.4. The van der Waals surface area contributed by atoms with Crippen molar-refractivity contribution >= 4 is 28.2 Å². The molecule has 0 saturated heterocycles. The molecular weight excluding hydrogens is 503 g/mol. The van der Waals surface area contributed by atoms with Crippen LogP contribution in [-0.4, -0.2) is 33.8 Å². The number of halogens is 4. The Morgan fingerprint density at radius 3 is 2.46 bits per heavy atom. The second-order valence-corrected chi connectivity index (χ2v) is 10.7. The van der Waals surface area contributed by atoms with E-state index in [0.29, 0.717) is 22.0 Å². The number of nitrogens with zero attached hydrogens (tertiary/aromatic N) is 2. The van der Waals surface area contributed by atoms with Crippen LogP contribution in [-0.2, 0) is 5.41 Å². The zero-order valence-corrected chi connectivity index (χ0v) is 21.6. The highest BCUT2D eigenvalue weighted by Gasteiger charge is 2.64. The van der Waals surface area contributed by atoms with Gasteiger partial charge < -0.3 is 15.2 Å². The standard InChI is InChI=1S/C28H27ClF3N3O2/c1-16-5-8-19(9-6-16)35-22-12-7-18(13-17(22)14-33-35)34-25-20-10-11-21(29)24(37-4)23(20)26(2,3)15-27(25,36)28(30,31)32/h5-14,25,34,36H,15H2,1-4H3/t25-,27-/m1/s1. The van der Waals surface area contributed by atoms with Gasteiger partial charge in [0.25, 0.3) is 0 Å². The summed E-state index contributed by atoms with van der Waals surface area (Å²) >= 11 is 6.34. The SMILES string of the molecule is COc1c(Cl)ccc2c1C(C)(C)C[C@](O)(C(F)(F)F)[C@@H]2Nc1ccc2c(cnn2-c2ccc(C)cc2)c1. The summed E-state index contributed by atoms with van der Waals surface area (Å²) < 4.78 is 50.7. The van der Waals surface area contributed by atoms with Crippen LogP contribution in [0.25, 0.3) is 16.6 Å². The van der Waals surface area contributed by atoms with Crippen molar-refractivity contribution in [3.63, 3.8) is 0 Å². The lowest BCUT2D eigenvalue weighted by Gasteiger charge is -2.49. The van der Waals surface area contributed by atoms with Gasteiger partial charge in [0.1, 0.15) is 5.75 Å². The zero-order chi connectivity index (χ0) is 26.8. The Bertz CT molecular complexity index is 1480. The Balaban J connectivity index is 1.61. The molecule has 1 aromatic heterocycles. The minimum atomic E-state index is -4.90. The van der Waals surface area contributed by atoms with Crippen molar-refractivity contribution < 1.29 is 23.0 Å². The van der Waals surface area contributed by atoms with Crippen molar-refractivity contribution in [2.45, 2.75) is 50.4 Å². The van der Waals surface area contributed by atoms with Crippen LogP contribution in [0.4, 0.5) is 18.9 Å². The van der Waals surface area contributed by atoms with Gasteiger partial charge in [-0.05, 0) is 60.7 Å². The van der Waals surface area contributed by atoms with Crippen LogP contribution < -0.4 is 10.1 Å². The molecule has 37 heavy (non-hydrogen) atoms. The van der Waals surface area contributed by atoms with Gasteiger partial charge >= 0.3 is 6.18 Å². The van der Waals surface area contributed by atoms with E-state index in [9.17, 15) is 18.3 Å². The van der Waals surface area contributed by atoms with Gasteiger partial charge in [0.15, 0.2) is 5.60 Å². The molecule has 2 atom stereocenters. The van der Waals surface area contributed by atoms with Crippen molar-refractivity contribution in [3.8, 4) is 11.4 Å². The molecule has 4 aromatic rings. The molecule has 9 heteroatoms. The summed E-state index contributed by atoms with van der Waals surface area (Å²) in [6.07, 6.45) is -3.80. The number of hydrogen-bond acceptors (Lipinski definition) is 4. The van der Waals surface area contributed by atoms with Gasteiger partial charge in [0, 0.05) is 16.6 Å². The van der Waals surface area contributed by atoms with Gasteiger partial charge in [-0.1, -0.05) is 49.2 Å². The second kappa shape index (κ2) is 8.67. The molecule has 1 aliphatic rings. The minimum absolute atomic E-state index is 0.285. The molecule has 0 radical (unpaired) electrons. The predicted molar refractivity (Wildman–Crippen MR) is 139 cm³/mol. The number of benzene rings is 3. The number of hydrogen-bond donors (Lipinski definition) is 2. The van der Waals surface area contributed by atoms with E-state index in [-0.39, 0.29) is 5.56 Å². The molecule has 0 fully saturated rings. The third kappa shape index (κ3) is 4.12. The summed E-state index contributed by atoms with van der Waals surface area (Å²) in [6, 6.07) is 14.6. The van der Waals surface area contributed by atoms with Crippen LogP contribution in [0.15, 0.2) is 60.8 Å². The second-order valence-electron chi connectivity index (χ2n) is 10.3. The monoisotopic (exact) mass is 529 g/mol. The van der Waals surface area contributed by atoms with Crippen LogP contribution in [0, 0.1) is 6.92 Å². The van der Waals surface area contributed by atoms with Crippen molar-refractivity contribution in [1.82, 2.24) is 9.78 Å². The number of ether oxygens (including phenoxy) is 1. The average molecular weight is 530 g/mol. The molecule has 1 heterocycles. The van der Waals surface area contributed by atoms with Gasteiger partial charge in [-0.2, -0.15) is 18.3 Å². The molecule has 0 bridgehead atoms. The number of nitrogens with one attached hydrogen (secondary N) is 1. The maximum absolute atomic E-state index is 14.5. The van der Waals surface area contributed by atoms with Crippen molar-refractivity contribution in [2.75, 3.05) is 12.4 Å². The zero-order valence-electron chi connectivity index (χ0n) is 20.8. The lowest BCUT2D eigenvalue weighted by atomic mass is 9.63. The van der Waals surface area contributed by atoms with Gasteiger partial charge in [-0.25, -0.2) is 4.68 Å². The van der Waals surface area contributed by atoms with Crippen LogP contribution in [0.3, 0.4) is 0 Å². The molecule has 3 aromatic carbocycles. The summed E-state index contributed by atoms with van der Waals surface area (Å²) in [6.45, 7) is 5.31. The normalized spacial score (nSPS) is 21.1. The van der Waals surface area contributed by atoms with Crippen molar-refractivity contribution in [2.24, 2.45) is 0 Å². The van der Waals surface area contributed by atoms with Crippen LogP contribution in [0.2, 0.25) is 5.02 Å². The van der Waals surface area contributed by atoms with E-state index in [1.54, 1.807) is 42.9 Å². The van der Waals surface area contributed by atoms with Crippen LogP contribution in [0.5, 0.6) is 5.75 Å². The molecule has 2 N–H and O–H groups in total. The Morgan fingerprint density at radius 2 is 1.81 bits per heavy atom. The highest BCUT2D eigenvalue weighted by atomic mass is 35.5. The molecule has 0 unspecified atom stereocenters. The first-order valence-corrected chi connectivity index (χ1v) is 12.2. The summed E-state index contributed by atoms with van der Waals surface area (Å²) in [7, 11) is 1.43. The molecule has 0 saturated carbocycles. The van der Waals surface area contributed by atoms with Gasteiger partial charge in [0.05, 0.1) is 35.6 Å². The molecule has 1 aliphatic carbocycles. The third-order valence-electron chi connectivity index (χ3n) is 7.17. The lowest BCUT2D eigenvalue weighted by molar-refractivity contribution is -0.275. The fourth-order valence-corrected chi connectivity index (χ4v) is 5.71. The minimum Gasteiger partial charge on any atom is -0.495 e. The molecule has 0 spiro atoms. The summed E-state index contributed by atoms with van der Waals surface area (Å²) in [4.78, 5) is 0. The lowest BCUT2D eigenvalue weighted by Crippen LogP contribution is -2.58. The fourth-order valence-electron chi connectivity index (χ4n) is 5.47. The number of alkyl halides is 3. The topological polar surface area (TPSA) is 59.3 Å². The summed E-state index contributed by atoms with van der Waals surface area (Å²) in [5, 5.41) is 19.8. The predicted octanol–water partition coefficient (Wildman–Crippen LogP) is 7.12. The smallest absolute Gasteiger partial charge is 0.419 e. The summed E-state index contributed by atoms with van der Waals surface area (Å²) in [5.74, 6) is 0.315. The van der Waals surface area contributed by atoms with E-state index in [1.807, 2.05) is 31.2 Å². The largest absolute Gasteiger partial charge is 0.495 e. The van der Waals surface area contributed by atoms with Crippen LogP contribution in [0.1, 0.15) is 43.0 Å². The average Bonchev–Trinajstić information content (AvgIpc) is 3.24. The molecular formula is C28H27ClF3N3O2. The highest BCUT2D eigenvalue weighted by molar-refractivity contribution is 6.32. The molecule has 5 nitrogen and oxygen atoms in total. The Kier molecular flexibility index (Phi) is 5.96. The van der Waals surface area contributed by atoms with Gasteiger partial charge in [-0.15, -0.1) is 0 Å². The van der Waals surface area contributed by atoms with Crippen molar-refractivity contribution in [1.29, 1.82) is 0 Å². The number of aromatic nitrogens is 2. The Morgan fingerprint density at radius 1 is 1.11 bits per heavy atom. The number of rotatable bonds is 4. The highest BCUT2D eigenvalue weighted by Crippen LogP contribution is 2.57. The molecule has 0 aliphatic heterocycles. The number of fused-ring (bicyclic) bond motifs is 2. The van der Waals surface area contributed by atoms with Crippen LogP contribution >= 0.6 is 11.6 Å². The third-order valence-corrected chi connectivity index (χ3v) is 7.47. The molecule has 194 valence electrons. The Hall–Kier alpha value is -3.23. The quantitative estimate of drug-likeness (QED) is 0.295. The number of anilines is 1. The first-order valence-electron chi connectivity index (χ1n) is 11.8. The van der Waals surface area contributed by atoms with E-state index >= 15 is 0 Å². The maximum Gasteiger partial charge on any atom is 0.419 e. The number of methoxy groups -OCH3 is 1. The molecule has 5 rings (SSSR count). The summed E-state index contributed by atoms with van der Waals surface area (Å²) in [5.41, 5.74) is -0.0496. The van der Waals surface area contributed by atoms with Crippen molar-refractivity contribution in [3.05, 3.63) is 82.5 Å². The van der Waals surface area contributed by atoms with E-state index in [2.05, 4.69) is 10.4 Å². The molecule has 0 amide bonds. The van der Waals surface area contributed by atoms with Gasteiger partial charge in [-0.3, -0.25) is 0 Å². The van der Waals surface area contributed by atoms with E-state index in [0.717, 1.165) is 22.2 Å². The van der Waals surface area contributed by atoms with E-state index < -0.39 is 29.7 Å². The number of aliphatic hydroxyl groups is 1.